The maximum Gasteiger partial charge on any atom is 0.293 e. The Morgan fingerprint density at radius 1 is 1.09 bits per heavy atom. The highest BCUT2D eigenvalue weighted by Gasteiger charge is 2.35. The number of nitro groups is 1. The summed E-state index contributed by atoms with van der Waals surface area (Å²) in [5.41, 5.74) is 3.90. The minimum atomic E-state index is -0.435. The number of benzene rings is 2. The number of non-ortho nitro benzene ring substituents is 1. The van der Waals surface area contributed by atoms with Gasteiger partial charge >= 0.3 is 0 Å². The van der Waals surface area contributed by atoms with Crippen LogP contribution in [0.2, 0.25) is 5.02 Å². The van der Waals surface area contributed by atoms with Crippen molar-refractivity contribution in [3.8, 4) is 5.69 Å². The smallest absolute Gasteiger partial charge is 0.293 e. The molecule has 0 atom stereocenters. The number of carbonyl (C=O) groups is 2. The Morgan fingerprint density at radius 2 is 1.81 bits per heavy atom. The molecule has 1 aromatic heterocycles. The quantitative estimate of drug-likeness (QED) is 0.265. The number of thioether (sulfide) groups is 1. The first-order valence-corrected chi connectivity index (χ1v) is 10.9. The number of nitro benzene ring substituents is 1. The maximum atomic E-state index is 12.9. The highest BCUT2D eigenvalue weighted by Crippen LogP contribution is 2.35. The number of amides is 2. The molecule has 162 valence electrons. The van der Waals surface area contributed by atoms with E-state index in [1.165, 1.54) is 17.0 Å². The summed E-state index contributed by atoms with van der Waals surface area (Å²) in [5.74, 6) is -0.352. The molecule has 0 aliphatic carbocycles. The summed E-state index contributed by atoms with van der Waals surface area (Å²) in [7, 11) is 0. The van der Waals surface area contributed by atoms with Crippen LogP contribution in [0.3, 0.4) is 0 Å². The topological polar surface area (TPSA) is 85.5 Å². The van der Waals surface area contributed by atoms with Crippen molar-refractivity contribution in [2.45, 2.75) is 20.4 Å². The third-order valence-corrected chi connectivity index (χ3v) is 6.34. The second-order valence-electron chi connectivity index (χ2n) is 7.33. The molecular formula is C23H18ClN3O4S. The van der Waals surface area contributed by atoms with E-state index >= 15 is 0 Å². The molecule has 1 fully saturated rings. The molecule has 2 aromatic carbocycles. The van der Waals surface area contributed by atoms with Crippen molar-refractivity contribution in [1.82, 2.24) is 9.47 Å². The van der Waals surface area contributed by atoms with Gasteiger partial charge in [-0.25, -0.2) is 0 Å². The van der Waals surface area contributed by atoms with Crippen LogP contribution in [0.5, 0.6) is 0 Å². The van der Waals surface area contributed by atoms with E-state index in [1.54, 1.807) is 42.5 Å². The molecule has 2 amide bonds. The Hall–Kier alpha value is -3.36. The SMILES string of the molecule is Cc1cc(/C=C2\SC(=O)N(Cc3ccc(Cl)cc3)C2=O)c(C)n1-c1cccc([N+](=O)[O-])c1. The average Bonchev–Trinajstić information content (AvgIpc) is 3.19. The van der Waals surface area contributed by atoms with Gasteiger partial charge in [-0.15, -0.1) is 0 Å². The lowest BCUT2D eigenvalue weighted by atomic mass is 10.2. The van der Waals surface area contributed by atoms with Gasteiger partial charge in [-0.2, -0.15) is 0 Å². The Labute approximate surface area is 193 Å². The van der Waals surface area contributed by atoms with Crippen LogP contribution in [0.1, 0.15) is 22.5 Å². The van der Waals surface area contributed by atoms with E-state index in [0.717, 1.165) is 34.3 Å². The van der Waals surface area contributed by atoms with Gasteiger partial charge in [-0.3, -0.25) is 24.6 Å². The fourth-order valence-electron chi connectivity index (χ4n) is 3.63. The Bertz CT molecular complexity index is 1280. The first-order chi connectivity index (χ1) is 15.2. The third-order valence-electron chi connectivity index (χ3n) is 5.18. The van der Waals surface area contributed by atoms with E-state index in [0.29, 0.717) is 15.6 Å². The zero-order valence-corrected chi connectivity index (χ0v) is 18.8. The molecule has 0 bridgehead atoms. The Morgan fingerprint density at radius 3 is 2.50 bits per heavy atom. The highest BCUT2D eigenvalue weighted by molar-refractivity contribution is 8.18. The largest absolute Gasteiger partial charge is 0.318 e. The van der Waals surface area contributed by atoms with E-state index in [2.05, 4.69) is 0 Å². The van der Waals surface area contributed by atoms with E-state index in [4.69, 9.17) is 11.6 Å². The molecular weight excluding hydrogens is 450 g/mol. The van der Waals surface area contributed by atoms with Crippen LogP contribution in [-0.4, -0.2) is 25.5 Å². The maximum absolute atomic E-state index is 12.9. The van der Waals surface area contributed by atoms with E-state index in [-0.39, 0.29) is 23.4 Å². The van der Waals surface area contributed by atoms with Crippen molar-refractivity contribution < 1.29 is 14.5 Å². The van der Waals surface area contributed by atoms with Gasteiger partial charge in [0.05, 0.1) is 22.1 Å². The van der Waals surface area contributed by atoms with Gasteiger partial charge in [0.25, 0.3) is 16.8 Å². The molecule has 0 unspecified atom stereocenters. The minimum absolute atomic E-state index is 0.000121. The first-order valence-electron chi connectivity index (χ1n) is 9.68. The van der Waals surface area contributed by atoms with Gasteiger partial charge in [0.15, 0.2) is 0 Å². The van der Waals surface area contributed by atoms with Gasteiger partial charge in [0.2, 0.25) is 0 Å². The molecule has 4 rings (SSSR count). The van der Waals surface area contributed by atoms with Crippen LogP contribution in [0.25, 0.3) is 11.8 Å². The number of imide groups is 1. The zero-order chi connectivity index (χ0) is 23.0. The summed E-state index contributed by atoms with van der Waals surface area (Å²) in [4.78, 5) is 37.6. The molecule has 0 saturated carbocycles. The van der Waals surface area contributed by atoms with Gasteiger partial charge in [0, 0.05) is 28.5 Å². The van der Waals surface area contributed by atoms with E-state index < -0.39 is 4.92 Å². The summed E-state index contributed by atoms with van der Waals surface area (Å²) in [6.45, 7) is 3.93. The first kappa shape index (κ1) is 21.9. The minimum Gasteiger partial charge on any atom is -0.318 e. The van der Waals surface area contributed by atoms with Crippen LogP contribution in [0.15, 0.2) is 59.5 Å². The van der Waals surface area contributed by atoms with E-state index in [9.17, 15) is 19.7 Å². The van der Waals surface area contributed by atoms with E-state index in [1.807, 2.05) is 24.5 Å². The predicted octanol–water partition coefficient (Wildman–Crippen LogP) is 5.89. The number of rotatable bonds is 5. The Kier molecular flexibility index (Phi) is 5.90. The lowest BCUT2D eigenvalue weighted by Crippen LogP contribution is -2.27. The molecule has 1 aliphatic heterocycles. The normalized spacial score (nSPS) is 15.1. The Balaban J connectivity index is 1.63. The number of hydrogen-bond acceptors (Lipinski definition) is 5. The van der Waals surface area contributed by atoms with Crippen LogP contribution in [0.4, 0.5) is 10.5 Å². The van der Waals surface area contributed by atoms with Crippen molar-refractivity contribution in [3.05, 3.63) is 97.2 Å². The van der Waals surface area contributed by atoms with Crippen molar-refractivity contribution in [3.63, 3.8) is 0 Å². The fourth-order valence-corrected chi connectivity index (χ4v) is 4.58. The van der Waals surface area contributed by atoms with Crippen molar-refractivity contribution in [2.24, 2.45) is 0 Å². The molecule has 1 aliphatic rings. The molecule has 7 nitrogen and oxygen atoms in total. The second-order valence-corrected chi connectivity index (χ2v) is 8.76. The van der Waals surface area contributed by atoms with Crippen LogP contribution in [-0.2, 0) is 11.3 Å². The number of halogens is 1. The van der Waals surface area contributed by atoms with Gasteiger partial charge in [-0.05, 0) is 67.1 Å². The standard InChI is InChI=1S/C23H18ClN3O4S/c1-14-10-17(15(2)26(14)19-4-3-5-20(12-19)27(30)31)11-21-22(28)25(23(29)32-21)13-16-6-8-18(24)9-7-16/h3-12H,13H2,1-2H3/b21-11-. The third kappa shape index (κ3) is 4.19. The molecule has 1 saturated heterocycles. The van der Waals surface area contributed by atoms with Crippen molar-refractivity contribution in [1.29, 1.82) is 0 Å². The molecule has 0 N–H and O–H groups in total. The van der Waals surface area contributed by atoms with Crippen LogP contribution >= 0.6 is 23.4 Å². The summed E-state index contributed by atoms with van der Waals surface area (Å²) in [6, 6.07) is 15.2. The summed E-state index contributed by atoms with van der Waals surface area (Å²) < 4.78 is 1.89. The lowest BCUT2D eigenvalue weighted by molar-refractivity contribution is -0.384. The molecule has 0 spiro atoms. The number of carbonyl (C=O) groups excluding carboxylic acids is 2. The summed E-state index contributed by atoms with van der Waals surface area (Å²) in [6.07, 6.45) is 1.70. The molecule has 3 aromatic rings. The average molecular weight is 468 g/mol. The zero-order valence-electron chi connectivity index (χ0n) is 17.2. The fraction of sp³-hybridized carbons (Fsp3) is 0.130. The molecule has 2 heterocycles. The van der Waals surface area contributed by atoms with Gasteiger partial charge in [-0.1, -0.05) is 29.8 Å². The predicted molar refractivity (Wildman–Crippen MR) is 125 cm³/mol. The number of hydrogen-bond donors (Lipinski definition) is 0. The molecule has 0 radical (unpaired) electrons. The lowest BCUT2D eigenvalue weighted by Gasteiger charge is -2.12. The highest BCUT2D eigenvalue weighted by atomic mass is 35.5. The number of nitrogens with zero attached hydrogens (tertiary/aromatic N) is 3. The second kappa shape index (κ2) is 8.64. The van der Waals surface area contributed by atoms with Crippen molar-refractivity contribution >= 4 is 46.3 Å². The molecule has 32 heavy (non-hydrogen) atoms. The van der Waals surface area contributed by atoms with Crippen LogP contribution < -0.4 is 0 Å². The van der Waals surface area contributed by atoms with Crippen molar-refractivity contribution in [2.75, 3.05) is 0 Å². The molecule has 9 heteroatoms. The number of aryl methyl sites for hydroxylation is 1. The number of aromatic nitrogens is 1. The monoisotopic (exact) mass is 467 g/mol. The van der Waals surface area contributed by atoms with Gasteiger partial charge in [0.1, 0.15) is 0 Å². The summed E-state index contributed by atoms with van der Waals surface area (Å²) in [5, 5.41) is 11.4. The van der Waals surface area contributed by atoms with Crippen LogP contribution in [0, 0.1) is 24.0 Å². The van der Waals surface area contributed by atoms with Gasteiger partial charge < -0.3 is 4.57 Å². The summed E-state index contributed by atoms with van der Waals surface area (Å²) >= 11 is 6.80.